The highest BCUT2D eigenvalue weighted by Gasteiger charge is 2.18. The van der Waals surface area contributed by atoms with E-state index >= 15 is 0 Å². The molecule has 0 atom stereocenters. The van der Waals surface area contributed by atoms with Crippen molar-refractivity contribution in [3.8, 4) is 0 Å². The van der Waals surface area contributed by atoms with E-state index in [-0.39, 0.29) is 28.3 Å². The van der Waals surface area contributed by atoms with E-state index in [1.54, 1.807) is 26.0 Å². The van der Waals surface area contributed by atoms with Gasteiger partial charge in [-0.2, -0.15) is 0 Å². The molecule has 0 saturated carbocycles. The van der Waals surface area contributed by atoms with E-state index in [1.807, 2.05) is 0 Å². The van der Waals surface area contributed by atoms with Gasteiger partial charge in [-0.3, -0.25) is 4.72 Å². The van der Waals surface area contributed by atoms with Gasteiger partial charge in [0.25, 0.3) is 10.0 Å². The maximum absolute atomic E-state index is 12.6. The molecule has 0 aliphatic rings. The Morgan fingerprint density at radius 3 is 2.19 bits per heavy atom. The summed E-state index contributed by atoms with van der Waals surface area (Å²) in [6.07, 6.45) is 0. The number of methoxy groups -OCH3 is 1. The zero-order chi connectivity index (χ0) is 19.3. The first kappa shape index (κ1) is 19.5. The van der Waals surface area contributed by atoms with E-state index in [2.05, 4.69) is 9.46 Å². The number of rotatable bonds is 6. The van der Waals surface area contributed by atoms with E-state index in [0.29, 0.717) is 5.56 Å². The summed E-state index contributed by atoms with van der Waals surface area (Å²) in [5.74, 6) is -1.09. The maximum atomic E-state index is 12.6. The van der Waals surface area contributed by atoms with Crippen molar-refractivity contribution >= 4 is 27.6 Å². The Balaban J connectivity index is 2.29. The number of aryl methyl sites for hydroxylation is 1. The first-order chi connectivity index (χ1) is 12.3. The molecule has 7 nitrogen and oxygen atoms in total. The number of carbonyl (C=O) groups is 2. The molecule has 0 saturated heterocycles. The Morgan fingerprint density at radius 2 is 1.62 bits per heavy atom. The van der Waals surface area contributed by atoms with Crippen molar-refractivity contribution in [3.05, 3.63) is 59.2 Å². The highest BCUT2D eigenvalue weighted by atomic mass is 32.2. The Bertz CT molecular complexity index is 919. The Kier molecular flexibility index (Phi) is 5.99. The van der Waals surface area contributed by atoms with Crippen LogP contribution in [0.3, 0.4) is 0 Å². The summed E-state index contributed by atoms with van der Waals surface area (Å²) in [4.78, 5) is 23.2. The van der Waals surface area contributed by atoms with E-state index in [4.69, 9.17) is 4.74 Å². The highest BCUT2D eigenvalue weighted by Crippen LogP contribution is 2.22. The molecule has 0 bridgehead atoms. The molecular formula is C18H19NO6S. The van der Waals surface area contributed by atoms with Crippen LogP contribution in [0.4, 0.5) is 5.69 Å². The second-order valence-electron chi connectivity index (χ2n) is 5.37. The largest absolute Gasteiger partial charge is 0.465 e. The van der Waals surface area contributed by atoms with Crippen molar-refractivity contribution in [1.82, 2.24) is 0 Å². The van der Waals surface area contributed by atoms with Crippen molar-refractivity contribution < 1.29 is 27.5 Å². The van der Waals surface area contributed by atoms with Crippen LogP contribution in [-0.2, 0) is 19.5 Å². The van der Waals surface area contributed by atoms with Crippen molar-refractivity contribution in [2.24, 2.45) is 0 Å². The summed E-state index contributed by atoms with van der Waals surface area (Å²) >= 11 is 0. The lowest BCUT2D eigenvalue weighted by molar-refractivity contribution is 0.0525. The molecule has 0 spiro atoms. The molecule has 0 aliphatic heterocycles. The van der Waals surface area contributed by atoms with E-state index in [0.717, 1.165) is 0 Å². The van der Waals surface area contributed by atoms with Gasteiger partial charge in [-0.05, 0) is 55.8 Å². The van der Waals surface area contributed by atoms with Crippen LogP contribution in [0, 0.1) is 6.92 Å². The molecule has 0 unspecified atom stereocenters. The number of benzene rings is 2. The van der Waals surface area contributed by atoms with Gasteiger partial charge in [0.15, 0.2) is 0 Å². The zero-order valence-electron chi connectivity index (χ0n) is 14.6. The molecule has 0 aliphatic carbocycles. The number of ether oxygens (including phenoxy) is 2. The summed E-state index contributed by atoms with van der Waals surface area (Å²) in [6, 6.07) is 9.96. The summed E-state index contributed by atoms with van der Waals surface area (Å²) in [7, 11) is -2.65. The molecule has 138 valence electrons. The highest BCUT2D eigenvalue weighted by molar-refractivity contribution is 7.92. The van der Waals surface area contributed by atoms with Crippen molar-refractivity contribution in [3.63, 3.8) is 0 Å². The molecule has 8 heteroatoms. The third-order valence-corrected chi connectivity index (χ3v) is 4.96. The van der Waals surface area contributed by atoms with Crippen molar-refractivity contribution in [2.45, 2.75) is 18.7 Å². The van der Waals surface area contributed by atoms with Gasteiger partial charge in [-0.1, -0.05) is 6.07 Å². The van der Waals surface area contributed by atoms with Crippen LogP contribution in [0.2, 0.25) is 0 Å². The van der Waals surface area contributed by atoms with Gasteiger partial charge in [0.05, 0.1) is 35.4 Å². The monoisotopic (exact) mass is 377 g/mol. The van der Waals surface area contributed by atoms with Crippen LogP contribution in [0.1, 0.15) is 33.2 Å². The van der Waals surface area contributed by atoms with Gasteiger partial charge >= 0.3 is 11.9 Å². The number of anilines is 1. The number of hydrogen-bond donors (Lipinski definition) is 1. The van der Waals surface area contributed by atoms with Crippen molar-refractivity contribution in [1.29, 1.82) is 0 Å². The van der Waals surface area contributed by atoms with Crippen LogP contribution < -0.4 is 4.72 Å². The van der Waals surface area contributed by atoms with Crippen molar-refractivity contribution in [2.75, 3.05) is 18.4 Å². The first-order valence-corrected chi connectivity index (χ1v) is 9.25. The number of esters is 2. The molecule has 2 aromatic carbocycles. The van der Waals surface area contributed by atoms with Gasteiger partial charge in [0.2, 0.25) is 0 Å². The van der Waals surface area contributed by atoms with Gasteiger partial charge < -0.3 is 9.47 Å². The molecular weight excluding hydrogens is 358 g/mol. The third-order valence-electron chi connectivity index (χ3n) is 3.58. The summed E-state index contributed by atoms with van der Waals surface area (Å²) < 4.78 is 37.1. The second kappa shape index (κ2) is 8.01. The molecule has 0 fully saturated rings. The van der Waals surface area contributed by atoms with Crippen LogP contribution in [0.5, 0.6) is 0 Å². The predicted molar refractivity (Wildman–Crippen MR) is 95.7 cm³/mol. The molecule has 0 radical (unpaired) electrons. The van der Waals surface area contributed by atoms with Gasteiger partial charge in [0.1, 0.15) is 0 Å². The average Bonchev–Trinajstić information content (AvgIpc) is 2.63. The lowest BCUT2D eigenvalue weighted by atomic mass is 10.1. The molecule has 0 heterocycles. The SMILES string of the molecule is CCOC(=O)c1ccc(S(=O)(=O)Nc2cc(C(=O)OC)ccc2C)cc1. The standard InChI is InChI=1S/C18H19NO6S/c1-4-25-18(21)13-7-9-15(10-8-13)26(22,23)19-16-11-14(17(20)24-3)6-5-12(16)2/h5-11,19H,4H2,1-3H3. The topological polar surface area (TPSA) is 98.8 Å². The minimum absolute atomic E-state index is 0.0200. The fraction of sp³-hybridized carbons (Fsp3) is 0.222. The quantitative estimate of drug-likeness (QED) is 0.777. The number of nitrogens with one attached hydrogen (secondary N) is 1. The van der Waals surface area contributed by atoms with E-state index in [1.165, 1.54) is 37.4 Å². The molecule has 26 heavy (non-hydrogen) atoms. The number of sulfonamides is 1. The van der Waals surface area contributed by atoms with Crippen LogP contribution in [0.15, 0.2) is 47.4 Å². The Morgan fingerprint density at radius 1 is 1.00 bits per heavy atom. The summed E-state index contributed by atoms with van der Waals surface area (Å²) in [5.41, 5.74) is 1.40. The smallest absolute Gasteiger partial charge is 0.338 e. The summed E-state index contributed by atoms with van der Waals surface area (Å²) in [5, 5.41) is 0. The summed E-state index contributed by atoms with van der Waals surface area (Å²) in [6.45, 7) is 3.63. The minimum Gasteiger partial charge on any atom is -0.465 e. The molecule has 0 amide bonds. The lowest BCUT2D eigenvalue weighted by Gasteiger charge is -2.12. The van der Waals surface area contributed by atoms with Crippen LogP contribution in [-0.4, -0.2) is 34.1 Å². The first-order valence-electron chi connectivity index (χ1n) is 7.77. The third kappa shape index (κ3) is 4.40. The van der Waals surface area contributed by atoms with Gasteiger partial charge in [0, 0.05) is 0 Å². The fourth-order valence-electron chi connectivity index (χ4n) is 2.17. The average molecular weight is 377 g/mol. The van der Waals surface area contributed by atoms with Crippen LogP contribution >= 0.6 is 0 Å². The normalized spacial score (nSPS) is 10.9. The number of carbonyl (C=O) groups excluding carboxylic acids is 2. The van der Waals surface area contributed by atoms with E-state index < -0.39 is 22.0 Å². The second-order valence-corrected chi connectivity index (χ2v) is 7.05. The Hall–Kier alpha value is -2.87. The maximum Gasteiger partial charge on any atom is 0.338 e. The van der Waals surface area contributed by atoms with Crippen LogP contribution in [0.25, 0.3) is 0 Å². The van der Waals surface area contributed by atoms with E-state index in [9.17, 15) is 18.0 Å². The Labute approximate surface area is 152 Å². The molecule has 2 rings (SSSR count). The molecule has 1 N–H and O–H groups in total. The fourth-order valence-corrected chi connectivity index (χ4v) is 3.29. The molecule has 2 aromatic rings. The predicted octanol–water partition coefficient (Wildman–Crippen LogP) is 2.76. The minimum atomic E-state index is -3.89. The lowest BCUT2D eigenvalue weighted by Crippen LogP contribution is -2.15. The van der Waals surface area contributed by atoms with Gasteiger partial charge in [-0.15, -0.1) is 0 Å². The molecule has 0 aromatic heterocycles. The van der Waals surface area contributed by atoms with Gasteiger partial charge in [-0.25, -0.2) is 18.0 Å². The number of hydrogen-bond acceptors (Lipinski definition) is 6. The zero-order valence-corrected chi connectivity index (χ0v) is 15.4.